The van der Waals surface area contributed by atoms with E-state index in [1.165, 1.54) is 0 Å². The summed E-state index contributed by atoms with van der Waals surface area (Å²) in [5.41, 5.74) is 5.90. The quantitative estimate of drug-likeness (QED) is 0.201. The van der Waals surface area contributed by atoms with Gasteiger partial charge in [-0.05, 0) is 67.1 Å². The van der Waals surface area contributed by atoms with Gasteiger partial charge in [-0.3, -0.25) is 0 Å². The minimum absolute atomic E-state index is 0.402. The number of halogens is 2. The molecule has 4 aromatic carbocycles. The van der Waals surface area contributed by atoms with E-state index in [2.05, 4.69) is 10.2 Å². The van der Waals surface area contributed by atoms with Gasteiger partial charge in [-0.1, -0.05) is 53.5 Å². The van der Waals surface area contributed by atoms with Crippen LogP contribution in [0.5, 0.6) is 17.2 Å². The number of benzene rings is 4. The van der Waals surface area contributed by atoms with Crippen molar-refractivity contribution in [3.8, 4) is 22.9 Å². The van der Waals surface area contributed by atoms with E-state index in [1.807, 2.05) is 84.4 Å². The number of hydrogen-bond donors (Lipinski definition) is 1. The van der Waals surface area contributed by atoms with Crippen molar-refractivity contribution in [3.63, 3.8) is 0 Å². The zero-order valence-electron chi connectivity index (χ0n) is 24.9. The molecule has 1 atom stereocenters. The fourth-order valence-corrected chi connectivity index (χ4v) is 6.13. The molecule has 0 saturated heterocycles. The maximum absolute atomic E-state index is 6.40. The highest BCUT2D eigenvalue weighted by Gasteiger charge is 2.42. The number of fused-ring (bicyclic) bond motifs is 4. The number of rotatable bonds is 6. The van der Waals surface area contributed by atoms with E-state index >= 15 is 0 Å². The summed E-state index contributed by atoms with van der Waals surface area (Å²) in [6, 6.07) is 26.8. The second-order valence-electron chi connectivity index (χ2n) is 10.4. The van der Waals surface area contributed by atoms with Crippen molar-refractivity contribution in [1.29, 1.82) is 0 Å². The fraction of sp³-hybridized carbons (Fsp3) is 0.147. The van der Waals surface area contributed by atoms with Gasteiger partial charge in [-0.2, -0.15) is 5.10 Å². The van der Waals surface area contributed by atoms with Gasteiger partial charge in [0.15, 0.2) is 29.0 Å². The number of aryl methyl sites for hydroxylation is 1. The van der Waals surface area contributed by atoms with Gasteiger partial charge in [0.05, 0.1) is 60.2 Å². The molecule has 0 aliphatic carbocycles. The molecule has 3 heterocycles. The maximum atomic E-state index is 6.40. The Morgan fingerprint density at radius 2 is 1.49 bits per heavy atom. The predicted molar refractivity (Wildman–Crippen MR) is 179 cm³/mol. The highest BCUT2D eigenvalue weighted by atomic mass is 35.5. The van der Waals surface area contributed by atoms with Gasteiger partial charge in [0.2, 0.25) is 5.75 Å². The van der Waals surface area contributed by atoms with E-state index in [0.717, 1.165) is 33.9 Å². The van der Waals surface area contributed by atoms with E-state index in [9.17, 15) is 0 Å². The van der Waals surface area contributed by atoms with Crippen molar-refractivity contribution in [2.24, 2.45) is 9.98 Å². The van der Waals surface area contributed by atoms with Crippen LogP contribution in [0, 0.1) is 6.92 Å². The van der Waals surface area contributed by atoms with Crippen LogP contribution >= 0.6 is 23.2 Å². The average molecular weight is 640 g/mol. The fourth-order valence-electron chi connectivity index (χ4n) is 5.83. The molecule has 7 rings (SSSR count). The Hall–Kier alpha value is -4.99. The van der Waals surface area contributed by atoms with Crippen LogP contribution in [0.3, 0.4) is 0 Å². The van der Waals surface area contributed by atoms with Crippen molar-refractivity contribution < 1.29 is 14.2 Å². The number of aromatic nitrogens is 2. The van der Waals surface area contributed by atoms with Crippen molar-refractivity contribution in [3.05, 3.63) is 112 Å². The molecule has 1 N–H and O–H groups in total. The Morgan fingerprint density at radius 1 is 0.778 bits per heavy atom. The number of nitrogens with zero attached hydrogens (tertiary/aromatic N) is 5. The van der Waals surface area contributed by atoms with Gasteiger partial charge in [-0.15, -0.1) is 0 Å². The summed E-state index contributed by atoms with van der Waals surface area (Å²) in [6.45, 7) is 2.00. The molecular formula is C34H28Cl2N6O3. The number of para-hydroxylation sites is 3. The predicted octanol–water partition coefficient (Wildman–Crippen LogP) is 8.31. The van der Waals surface area contributed by atoms with Gasteiger partial charge in [0.1, 0.15) is 0 Å². The monoisotopic (exact) mass is 638 g/mol. The Bertz CT molecular complexity index is 1980. The topological polar surface area (TPSA) is 85.5 Å². The van der Waals surface area contributed by atoms with Crippen LogP contribution in [-0.4, -0.2) is 42.8 Å². The molecule has 45 heavy (non-hydrogen) atoms. The molecule has 0 bridgehead atoms. The number of nitrogens with one attached hydrogen (secondary N) is 1. The van der Waals surface area contributed by atoms with Gasteiger partial charge in [0, 0.05) is 11.3 Å². The van der Waals surface area contributed by atoms with Gasteiger partial charge in [-0.25, -0.2) is 14.7 Å². The van der Waals surface area contributed by atoms with E-state index in [-0.39, 0.29) is 0 Å². The normalized spacial score (nSPS) is 14.9. The standard InChI is InChI=1S/C34H28Cl2N6O3/c1-19-29-30(20-16-27(43-2)31(45-4)28(17-20)44-3)41-26-13-9-8-12-25(26)38-32(37-21-14-15-23(35)24(36)18-21)34(41)39-33(29)42(40-19)22-10-6-5-7-11-22/h5-18,30H,1-4H3,(H,37,38)/t30-/m1/s1. The van der Waals surface area contributed by atoms with Crippen LogP contribution < -0.4 is 24.4 Å². The minimum Gasteiger partial charge on any atom is -0.493 e. The molecule has 2 aliphatic rings. The molecule has 0 radical (unpaired) electrons. The molecule has 2 aliphatic heterocycles. The smallest absolute Gasteiger partial charge is 0.203 e. The lowest BCUT2D eigenvalue weighted by Gasteiger charge is -2.40. The summed E-state index contributed by atoms with van der Waals surface area (Å²) in [5, 5.41) is 9.35. The molecular weight excluding hydrogens is 611 g/mol. The number of ether oxygens (including phenoxy) is 3. The van der Waals surface area contributed by atoms with Crippen LogP contribution in [0.2, 0.25) is 10.0 Å². The van der Waals surface area contributed by atoms with Crippen molar-refractivity contribution in [1.82, 2.24) is 9.78 Å². The lowest BCUT2D eigenvalue weighted by molar-refractivity contribution is 0.323. The molecule has 226 valence electrons. The van der Waals surface area contributed by atoms with Gasteiger partial charge < -0.3 is 24.4 Å². The first kappa shape index (κ1) is 28.8. The lowest BCUT2D eigenvalue weighted by Crippen LogP contribution is -2.46. The third kappa shape index (κ3) is 4.85. The molecule has 0 spiro atoms. The van der Waals surface area contributed by atoms with Gasteiger partial charge >= 0.3 is 0 Å². The second kappa shape index (κ2) is 11.5. The number of hydrogen-bond acceptors (Lipinski definition) is 8. The molecule has 11 heteroatoms. The highest BCUT2D eigenvalue weighted by Crippen LogP contribution is 2.50. The summed E-state index contributed by atoms with van der Waals surface area (Å²) in [6.07, 6.45) is 0. The molecule has 5 aromatic rings. The summed E-state index contributed by atoms with van der Waals surface area (Å²) in [4.78, 5) is 12.5. The minimum atomic E-state index is -0.402. The van der Waals surface area contributed by atoms with Crippen LogP contribution in [0.25, 0.3) is 5.69 Å². The van der Waals surface area contributed by atoms with Crippen molar-refractivity contribution in [2.45, 2.75) is 13.0 Å². The summed E-state index contributed by atoms with van der Waals surface area (Å²) >= 11 is 12.6. The third-order valence-corrected chi connectivity index (χ3v) is 8.56. The van der Waals surface area contributed by atoms with E-state index in [1.54, 1.807) is 33.5 Å². The maximum Gasteiger partial charge on any atom is 0.203 e. The molecule has 9 nitrogen and oxygen atoms in total. The Kier molecular flexibility index (Phi) is 7.35. The Labute approximate surface area is 270 Å². The van der Waals surface area contributed by atoms with Crippen LogP contribution in [0.4, 0.5) is 22.9 Å². The van der Waals surface area contributed by atoms with E-state index in [4.69, 9.17) is 52.5 Å². The summed E-state index contributed by atoms with van der Waals surface area (Å²) in [5.74, 6) is 3.41. The van der Waals surface area contributed by atoms with Gasteiger partial charge in [0.25, 0.3) is 0 Å². The molecule has 0 saturated carbocycles. The zero-order chi connectivity index (χ0) is 31.2. The number of methoxy groups -OCH3 is 3. The second-order valence-corrected chi connectivity index (χ2v) is 11.3. The Morgan fingerprint density at radius 3 is 2.18 bits per heavy atom. The summed E-state index contributed by atoms with van der Waals surface area (Å²) < 4.78 is 19.1. The number of anilines is 2. The summed E-state index contributed by atoms with van der Waals surface area (Å²) in [7, 11) is 4.82. The average Bonchev–Trinajstić information content (AvgIpc) is 3.40. The molecule has 0 fully saturated rings. The van der Waals surface area contributed by atoms with Crippen LogP contribution in [0.1, 0.15) is 22.9 Å². The lowest BCUT2D eigenvalue weighted by atomic mass is 9.92. The number of aliphatic imine (C=N–C) groups is 2. The van der Waals surface area contributed by atoms with Crippen molar-refractivity contribution in [2.75, 3.05) is 31.5 Å². The Balaban J connectivity index is 1.51. The highest BCUT2D eigenvalue weighted by molar-refractivity contribution is 6.52. The molecule has 0 amide bonds. The third-order valence-electron chi connectivity index (χ3n) is 7.82. The van der Waals surface area contributed by atoms with Crippen LogP contribution in [-0.2, 0) is 0 Å². The first-order valence-electron chi connectivity index (χ1n) is 14.1. The molecule has 1 aromatic heterocycles. The first-order valence-corrected chi connectivity index (χ1v) is 14.9. The van der Waals surface area contributed by atoms with Crippen LogP contribution in [0.15, 0.2) is 94.9 Å². The van der Waals surface area contributed by atoms with Crippen molar-refractivity contribution >= 4 is 57.8 Å². The first-order chi connectivity index (χ1) is 21.9. The van der Waals surface area contributed by atoms with E-state index < -0.39 is 6.04 Å². The van der Waals surface area contributed by atoms with E-state index in [0.29, 0.717) is 50.5 Å². The largest absolute Gasteiger partial charge is 0.493 e. The SMILES string of the molecule is COc1cc([C@@H]2c3c(C)nn(-c4ccccc4)c3N=C3C(Nc4ccc(Cl)c(Cl)c4)=Nc4ccccc4N32)cc(OC)c1OC. The number of amidine groups is 2. The molecule has 0 unspecified atom stereocenters. The zero-order valence-corrected chi connectivity index (χ0v) is 26.4.